The molecule has 1 N–H and O–H groups in total. The fraction of sp³-hybridized carbons (Fsp3) is 0.500. The molecule has 0 spiro atoms. The third-order valence-corrected chi connectivity index (χ3v) is 5.03. The number of benzene rings is 1. The van der Waals surface area contributed by atoms with Crippen molar-refractivity contribution in [3.05, 3.63) is 33.3 Å². The van der Waals surface area contributed by atoms with E-state index in [0.717, 1.165) is 29.3 Å². The lowest BCUT2D eigenvalue weighted by atomic mass is 9.78. The van der Waals surface area contributed by atoms with Crippen LogP contribution in [0.1, 0.15) is 37.9 Å². The van der Waals surface area contributed by atoms with Crippen LogP contribution in [0.3, 0.4) is 0 Å². The molecule has 4 heteroatoms. The number of aliphatic hydroxyl groups excluding tert-OH is 1. The van der Waals surface area contributed by atoms with Gasteiger partial charge in [-0.25, -0.2) is 0 Å². The number of hydrogen-bond acceptors (Lipinski definition) is 2. The molecule has 1 aromatic rings. The second-order valence-electron chi connectivity index (χ2n) is 5.19. The van der Waals surface area contributed by atoms with Gasteiger partial charge in [0.05, 0.1) is 22.6 Å². The second kappa shape index (κ2) is 5.21. The number of hydrogen-bond donors (Lipinski definition) is 1. The molecule has 3 unspecified atom stereocenters. The van der Waals surface area contributed by atoms with E-state index in [4.69, 9.17) is 11.6 Å². The fourth-order valence-corrected chi connectivity index (χ4v) is 3.18. The summed E-state index contributed by atoms with van der Waals surface area (Å²) in [5, 5.41) is 20.5. The first-order chi connectivity index (χ1) is 8.48. The average molecular weight is 329 g/mol. The molecule has 96 valence electrons. The van der Waals surface area contributed by atoms with Gasteiger partial charge in [0.2, 0.25) is 0 Å². The van der Waals surface area contributed by atoms with Crippen LogP contribution in [-0.4, -0.2) is 5.11 Å². The molecule has 0 aliphatic heterocycles. The van der Waals surface area contributed by atoms with E-state index in [9.17, 15) is 10.4 Å². The molecular weight excluding hydrogens is 314 g/mol. The van der Waals surface area contributed by atoms with Crippen molar-refractivity contribution >= 4 is 27.5 Å². The summed E-state index contributed by atoms with van der Waals surface area (Å²) in [6.07, 6.45) is 1.73. The Labute approximate surface area is 121 Å². The monoisotopic (exact) mass is 327 g/mol. The van der Waals surface area contributed by atoms with Crippen LogP contribution in [0.15, 0.2) is 22.7 Å². The maximum absolute atomic E-state index is 10.5. The largest absolute Gasteiger partial charge is 0.387 e. The molecule has 1 aromatic carbocycles. The number of halogens is 2. The standard InChI is InChI=1S/C14H15BrClNO/c1-9-4-5-14(7-9,8-17)13(18)10-2-3-11(15)12(16)6-10/h2-3,6,9,13,18H,4-5,7H2,1H3. The summed E-state index contributed by atoms with van der Waals surface area (Å²) in [6, 6.07) is 7.70. The third-order valence-electron chi connectivity index (χ3n) is 3.80. The minimum atomic E-state index is -0.766. The van der Waals surface area contributed by atoms with Crippen molar-refractivity contribution in [3.63, 3.8) is 0 Å². The zero-order chi connectivity index (χ0) is 13.3. The van der Waals surface area contributed by atoms with Gasteiger partial charge in [-0.05, 0) is 58.8 Å². The predicted octanol–water partition coefficient (Wildman–Crippen LogP) is 4.47. The Morgan fingerprint density at radius 2 is 2.33 bits per heavy atom. The third kappa shape index (κ3) is 2.42. The molecule has 0 radical (unpaired) electrons. The van der Waals surface area contributed by atoms with Crippen LogP contribution in [0.25, 0.3) is 0 Å². The molecule has 2 rings (SSSR count). The maximum atomic E-state index is 10.5. The zero-order valence-electron chi connectivity index (χ0n) is 10.2. The Bertz CT molecular complexity index is 499. The summed E-state index contributed by atoms with van der Waals surface area (Å²) in [5.41, 5.74) is 0.0650. The first-order valence-electron chi connectivity index (χ1n) is 6.03. The molecule has 1 fully saturated rings. The lowest BCUT2D eigenvalue weighted by molar-refractivity contribution is 0.0647. The fourth-order valence-electron chi connectivity index (χ4n) is 2.74. The smallest absolute Gasteiger partial charge is 0.0976 e. The van der Waals surface area contributed by atoms with E-state index >= 15 is 0 Å². The first-order valence-corrected chi connectivity index (χ1v) is 7.20. The van der Waals surface area contributed by atoms with Crippen molar-refractivity contribution < 1.29 is 5.11 Å². The van der Waals surface area contributed by atoms with Crippen molar-refractivity contribution in [3.8, 4) is 6.07 Å². The van der Waals surface area contributed by atoms with E-state index in [0.29, 0.717) is 10.9 Å². The van der Waals surface area contributed by atoms with E-state index in [1.165, 1.54) is 0 Å². The molecule has 0 aromatic heterocycles. The summed E-state index contributed by atoms with van der Waals surface area (Å²) >= 11 is 9.36. The quantitative estimate of drug-likeness (QED) is 0.870. The van der Waals surface area contributed by atoms with Crippen LogP contribution in [0, 0.1) is 22.7 Å². The van der Waals surface area contributed by atoms with E-state index in [2.05, 4.69) is 28.9 Å². The Morgan fingerprint density at radius 3 is 2.83 bits per heavy atom. The van der Waals surface area contributed by atoms with Crippen molar-refractivity contribution in [2.75, 3.05) is 0 Å². The minimum Gasteiger partial charge on any atom is -0.387 e. The van der Waals surface area contributed by atoms with Crippen LogP contribution in [0.4, 0.5) is 0 Å². The second-order valence-corrected chi connectivity index (χ2v) is 6.45. The van der Waals surface area contributed by atoms with Gasteiger partial charge in [-0.1, -0.05) is 24.6 Å². The van der Waals surface area contributed by atoms with Gasteiger partial charge in [0.1, 0.15) is 0 Å². The van der Waals surface area contributed by atoms with E-state index < -0.39 is 11.5 Å². The number of rotatable bonds is 2. The summed E-state index contributed by atoms with van der Waals surface area (Å²) in [6.45, 7) is 2.13. The van der Waals surface area contributed by atoms with Crippen molar-refractivity contribution in [2.24, 2.45) is 11.3 Å². The Morgan fingerprint density at radius 1 is 1.61 bits per heavy atom. The summed E-state index contributed by atoms with van der Waals surface area (Å²) in [5.74, 6) is 0.491. The molecule has 0 saturated heterocycles. The predicted molar refractivity (Wildman–Crippen MR) is 75.2 cm³/mol. The summed E-state index contributed by atoms with van der Waals surface area (Å²) in [7, 11) is 0. The summed E-state index contributed by atoms with van der Waals surface area (Å²) in [4.78, 5) is 0. The maximum Gasteiger partial charge on any atom is 0.0976 e. The van der Waals surface area contributed by atoms with Crippen molar-refractivity contribution in [1.29, 1.82) is 5.26 Å². The molecule has 3 atom stereocenters. The van der Waals surface area contributed by atoms with E-state index in [1.54, 1.807) is 6.07 Å². The average Bonchev–Trinajstić information content (AvgIpc) is 2.75. The highest BCUT2D eigenvalue weighted by Gasteiger charge is 2.44. The highest BCUT2D eigenvalue weighted by Crippen LogP contribution is 2.49. The topological polar surface area (TPSA) is 44.0 Å². The minimum absolute atomic E-state index is 0.491. The summed E-state index contributed by atoms with van der Waals surface area (Å²) < 4.78 is 0.797. The van der Waals surface area contributed by atoms with Crippen molar-refractivity contribution in [2.45, 2.75) is 32.3 Å². The first kappa shape index (κ1) is 13.9. The Kier molecular flexibility index (Phi) is 4.01. The SMILES string of the molecule is CC1CCC(C#N)(C(O)c2ccc(Br)c(Cl)c2)C1. The van der Waals surface area contributed by atoms with Crippen LogP contribution >= 0.6 is 27.5 Å². The van der Waals surface area contributed by atoms with Gasteiger partial charge in [0.25, 0.3) is 0 Å². The lowest BCUT2D eigenvalue weighted by Gasteiger charge is -2.27. The molecule has 2 nitrogen and oxygen atoms in total. The number of nitrogens with zero attached hydrogens (tertiary/aromatic N) is 1. The van der Waals surface area contributed by atoms with Gasteiger partial charge in [0, 0.05) is 4.47 Å². The van der Waals surface area contributed by atoms with Gasteiger partial charge in [-0.15, -0.1) is 0 Å². The Hall–Kier alpha value is -0.560. The van der Waals surface area contributed by atoms with Crippen LogP contribution in [0.2, 0.25) is 5.02 Å². The molecular formula is C14H15BrClNO. The molecule has 18 heavy (non-hydrogen) atoms. The van der Waals surface area contributed by atoms with E-state index in [-0.39, 0.29) is 0 Å². The van der Waals surface area contributed by atoms with Gasteiger partial charge in [0.15, 0.2) is 0 Å². The normalized spacial score (nSPS) is 28.9. The Balaban J connectivity index is 2.32. The number of nitriles is 1. The van der Waals surface area contributed by atoms with Crippen LogP contribution < -0.4 is 0 Å². The molecule has 1 aliphatic carbocycles. The molecule has 1 saturated carbocycles. The van der Waals surface area contributed by atoms with E-state index in [1.807, 2.05) is 12.1 Å². The highest BCUT2D eigenvalue weighted by molar-refractivity contribution is 9.10. The molecule has 0 heterocycles. The highest BCUT2D eigenvalue weighted by atomic mass is 79.9. The lowest BCUT2D eigenvalue weighted by Crippen LogP contribution is -2.24. The molecule has 1 aliphatic rings. The number of aliphatic hydroxyl groups is 1. The van der Waals surface area contributed by atoms with Gasteiger partial charge >= 0.3 is 0 Å². The van der Waals surface area contributed by atoms with Crippen LogP contribution in [-0.2, 0) is 0 Å². The van der Waals surface area contributed by atoms with Gasteiger partial charge in [-0.2, -0.15) is 5.26 Å². The van der Waals surface area contributed by atoms with Crippen LogP contribution in [0.5, 0.6) is 0 Å². The van der Waals surface area contributed by atoms with Gasteiger partial charge < -0.3 is 5.11 Å². The van der Waals surface area contributed by atoms with Crippen molar-refractivity contribution in [1.82, 2.24) is 0 Å². The molecule has 0 amide bonds. The zero-order valence-corrected chi connectivity index (χ0v) is 12.5. The molecule has 0 bridgehead atoms. The van der Waals surface area contributed by atoms with Gasteiger partial charge in [-0.3, -0.25) is 0 Å².